The number of hydrogen-bond acceptors (Lipinski definition) is 3. The molecule has 0 saturated carbocycles. The van der Waals surface area contributed by atoms with Crippen molar-refractivity contribution in [2.75, 3.05) is 0 Å². The second-order valence-electron chi connectivity index (χ2n) is 4.24. The summed E-state index contributed by atoms with van der Waals surface area (Å²) in [6.07, 6.45) is 0. The minimum Gasteiger partial charge on any atom is -0.456 e. The Morgan fingerprint density at radius 3 is 2.47 bits per heavy atom. The van der Waals surface area contributed by atoms with Gasteiger partial charge in [0.1, 0.15) is 11.5 Å². The maximum absolute atomic E-state index is 10.7. The number of aryl methyl sites for hydroxylation is 2. The summed E-state index contributed by atoms with van der Waals surface area (Å²) in [7, 11) is 0. The summed E-state index contributed by atoms with van der Waals surface area (Å²) in [4.78, 5) is 10.3. The number of nitro benzene ring substituents is 1. The van der Waals surface area contributed by atoms with E-state index in [1.54, 1.807) is 19.1 Å². The van der Waals surface area contributed by atoms with Crippen LogP contribution in [0.15, 0.2) is 40.9 Å². The SMILES string of the molecule is Cc1ccc(Oc2ccc([N+](=O)[O-])c(C)c2)c(Br)c1. The molecule has 0 aliphatic carbocycles. The highest BCUT2D eigenvalue weighted by atomic mass is 79.9. The average Bonchev–Trinajstić information content (AvgIpc) is 2.32. The van der Waals surface area contributed by atoms with Crippen LogP contribution in [0.3, 0.4) is 0 Å². The molecule has 0 spiro atoms. The first kappa shape index (κ1) is 13.5. The van der Waals surface area contributed by atoms with Gasteiger partial charge in [-0.25, -0.2) is 0 Å². The van der Waals surface area contributed by atoms with E-state index in [-0.39, 0.29) is 5.69 Å². The van der Waals surface area contributed by atoms with Gasteiger partial charge in [0.2, 0.25) is 0 Å². The number of ether oxygens (including phenoxy) is 1. The van der Waals surface area contributed by atoms with Crippen molar-refractivity contribution in [2.45, 2.75) is 13.8 Å². The van der Waals surface area contributed by atoms with E-state index in [1.165, 1.54) is 6.07 Å². The lowest BCUT2D eigenvalue weighted by Crippen LogP contribution is -1.93. The predicted molar refractivity (Wildman–Crippen MR) is 76.8 cm³/mol. The van der Waals surface area contributed by atoms with E-state index >= 15 is 0 Å². The van der Waals surface area contributed by atoms with Crippen LogP contribution in [-0.4, -0.2) is 4.92 Å². The molecule has 19 heavy (non-hydrogen) atoms. The van der Waals surface area contributed by atoms with E-state index in [4.69, 9.17) is 4.74 Å². The fraction of sp³-hybridized carbons (Fsp3) is 0.143. The van der Waals surface area contributed by atoms with Gasteiger partial charge in [-0.1, -0.05) is 6.07 Å². The molecule has 0 saturated heterocycles. The standard InChI is InChI=1S/C14H12BrNO3/c1-9-3-6-14(12(15)7-9)19-11-4-5-13(16(17)18)10(2)8-11/h3-8H,1-2H3. The molecule has 5 heteroatoms. The molecule has 2 aromatic carbocycles. The van der Waals surface area contributed by atoms with Crippen LogP contribution >= 0.6 is 15.9 Å². The molecule has 0 aliphatic heterocycles. The molecule has 0 radical (unpaired) electrons. The third-order valence-corrected chi connectivity index (χ3v) is 3.30. The molecular formula is C14H12BrNO3. The minimum atomic E-state index is -0.402. The van der Waals surface area contributed by atoms with Crippen molar-refractivity contribution in [3.8, 4) is 11.5 Å². The fourth-order valence-corrected chi connectivity index (χ4v) is 2.29. The lowest BCUT2D eigenvalue weighted by molar-refractivity contribution is -0.385. The topological polar surface area (TPSA) is 52.4 Å². The summed E-state index contributed by atoms with van der Waals surface area (Å²) in [6, 6.07) is 10.5. The van der Waals surface area contributed by atoms with Gasteiger partial charge in [-0.2, -0.15) is 0 Å². The molecule has 0 N–H and O–H groups in total. The van der Waals surface area contributed by atoms with Crippen LogP contribution in [0, 0.1) is 24.0 Å². The summed E-state index contributed by atoms with van der Waals surface area (Å²) >= 11 is 3.43. The fourth-order valence-electron chi connectivity index (χ4n) is 1.71. The first-order valence-corrected chi connectivity index (χ1v) is 6.46. The van der Waals surface area contributed by atoms with Crippen molar-refractivity contribution < 1.29 is 9.66 Å². The number of rotatable bonds is 3. The van der Waals surface area contributed by atoms with Crippen molar-refractivity contribution in [1.29, 1.82) is 0 Å². The smallest absolute Gasteiger partial charge is 0.272 e. The van der Waals surface area contributed by atoms with E-state index in [9.17, 15) is 10.1 Å². The van der Waals surface area contributed by atoms with E-state index < -0.39 is 4.92 Å². The number of hydrogen-bond donors (Lipinski definition) is 0. The highest BCUT2D eigenvalue weighted by molar-refractivity contribution is 9.10. The quantitative estimate of drug-likeness (QED) is 0.604. The second-order valence-corrected chi connectivity index (χ2v) is 5.10. The Labute approximate surface area is 119 Å². The molecule has 0 fully saturated rings. The molecule has 0 aliphatic rings. The van der Waals surface area contributed by atoms with Gasteiger partial charge < -0.3 is 4.74 Å². The van der Waals surface area contributed by atoms with Crippen LogP contribution in [0.25, 0.3) is 0 Å². The van der Waals surface area contributed by atoms with E-state index in [2.05, 4.69) is 15.9 Å². The Kier molecular flexibility index (Phi) is 3.85. The lowest BCUT2D eigenvalue weighted by atomic mass is 10.2. The maximum atomic E-state index is 10.7. The third-order valence-electron chi connectivity index (χ3n) is 2.68. The van der Waals surface area contributed by atoms with Crippen LogP contribution in [0.2, 0.25) is 0 Å². The van der Waals surface area contributed by atoms with Gasteiger partial charge >= 0.3 is 0 Å². The van der Waals surface area contributed by atoms with Gasteiger partial charge in [-0.3, -0.25) is 10.1 Å². The molecule has 0 aromatic heterocycles. The molecule has 0 amide bonds. The molecule has 0 heterocycles. The second kappa shape index (κ2) is 5.40. The summed E-state index contributed by atoms with van der Waals surface area (Å²) in [5.74, 6) is 1.26. The Hall–Kier alpha value is -1.88. The van der Waals surface area contributed by atoms with Crippen LogP contribution in [0.5, 0.6) is 11.5 Å². The first-order chi connectivity index (χ1) is 8.97. The third kappa shape index (κ3) is 3.12. The van der Waals surface area contributed by atoms with Gasteiger partial charge in [0, 0.05) is 11.6 Å². The zero-order valence-electron chi connectivity index (χ0n) is 10.5. The minimum absolute atomic E-state index is 0.0929. The van der Waals surface area contributed by atoms with Crippen LogP contribution in [0.1, 0.15) is 11.1 Å². The Balaban J connectivity index is 2.29. The Morgan fingerprint density at radius 1 is 1.16 bits per heavy atom. The zero-order chi connectivity index (χ0) is 14.0. The van der Waals surface area contributed by atoms with E-state index in [1.807, 2.05) is 25.1 Å². The molecule has 4 nitrogen and oxygen atoms in total. The number of nitro groups is 1. The van der Waals surface area contributed by atoms with E-state index in [0.29, 0.717) is 17.1 Å². The predicted octanol–water partition coefficient (Wildman–Crippen LogP) is 4.77. The first-order valence-electron chi connectivity index (χ1n) is 5.66. The lowest BCUT2D eigenvalue weighted by Gasteiger charge is -2.09. The van der Waals surface area contributed by atoms with Gasteiger partial charge in [-0.15, -0.1) is 0 Å². The molecule has 2 rings (SSSR count). The molecule has 0 bridgehead atoms. The van der Waals surface area contributed by atoms with Gasteiger partial charge in [0.25, 0.3) is 5.69 Å². The van der Waals surface area contributed by atoms with Crippen molar-refractivity contribution in [3.63, 3.8) is 0 Å². The molecule has 0 unspecified atom stereocenters. The molecule has 98 valence electrons. The molecular weight excluding hydrogens is 310 g/mol. The van der Waals surface area contributed by atoms with Gasteiger partial charge in [0.15, 0.2) is 0 Å². The molecule has 0 atom stereocenters. The number of nitrogens with zero attached hydrogens (tertiary/aromatic N) is 1. The summed E-state index contributed by atoms with van der Waals surface area (Å²) < 4.78 is 6.56. The van der Waals surface area contributed by atoms with Crippen molar-refractivity contribution >= 4 is 21.6 Å². The Morgan fingerprint density at radius 2 is 1.89 bits per heavy atom. The highest BCUT2D eigenvalue weighted by Crippen LogP contribution is 2.32. The molecule has 2 aromatic rings. The number of benzene rings is 2. The summed E-state index contributed by atoms with van der Waals surface area (Å²) in [5, 5.41) is 10.7. The Bertz CT molecular complexity index is 641. The van der Waals surface area contributed by atoms with Crippen LogP contribution < -0.4 is 4.74 Å². The average molecular weight is 322 g/mol. The van der Waals surface area contributed by atoms with E-state index in [0.717, 1.165) is 10.0 Å². The van der Waals surface area contributed by atoms with Crippen molar-refractivity contribution in [3.05, 3.63) is 62.1 Å². The normalized spacial score (nSPS) is 10.3. The highest BCUT2D eigenvalue weighted by Gasteiger charge is 2.11. The van der Waals surface area contributed by atoms with Gasteiger partial charge in [0.05, 0.1) is 9.40 Å². The monoisotopic (exact) mass is 321 g/mol. The van der Waals surface area contributed by atoms with Gasteiger partial charge in [-0.05, 0) is 59.6 Å². The largest absolute Gasteiger partial charge is 0.456 e. The maximum Gasteiger partial charge on any atom is 0.272 e. The van der Waals surface area contributed by atoms with Crippen LogP contribution in [0.4, 0.5) is 5.69 Å². The number of halogens is 1. The zero-order valence-corrected chi connectivity index (χ0v) is 12.1. The summed E-state index contributed by atoms with van der Waals surface area (Å²) in [5.41, 5.74) is 1.79. The van der Waals surface area contributed by atoms with Crippen LogP contribution in [-0.2, 0) is 0 Å². The summed E-state index contributed by atoms with van der Waals surface area (Å²) in [6.45, 7) is 3.68. The van der Waals surface area contributed by atoms with Crippen molar-refractivity contribution in [1.82, 2.24) is 0 Å². The van der Waals surface area contributed by atoms with Crippen molar-refractivity contribution in [2.24, 2.45) is 0 Å².